The summed E-state index contributed by atoms with van der Waals surface area (Å²) in [6.45, 7) is 0. The molecular formula is C12H9F3N2. The maximum atomic E-state index is 13.3. The lowest BCUT2D eigenvalue weighted by Gasteiger charge is -2.10. The van der Waals surface area contributed by atoms with Crippen molar-refractivity contribution in [3.63, 3.8) is 0 Å². The van der Waals surface area contributed by atoms with Gasteiger partial charge in [-0.2, -0.15) is 0 Å². The lowest BCUT2D eigenvalue weighted by atomic mass is 10.2. The van der Waals surface area contributed by atoms with Gasteiger partial charge >= 0.3 is 0 Å². The average Bonchev–Trinajstić information content (AvgIpc) is 2.25. The van der Waals surface area contributed by atoms with Crippen molar-refractivity contribution >= 4 is 17.1 Å². The summed E-state index contributed by atoms with van der Waals surface area (Å²) in [5.74, 6) is -2.98. The number of para-hydroxylation sites is 2. The molecule has 0 atom stereocenters. The zero-order chi connectivity index (χ0) is 12.4. The molecule has 0 aliphatic carbocycles. The number of hydrogen-bond donors (Lipinski definition) is 2. The van der Waals surface area contributed by atoms with Gasteiger partial charge in [-0.15, -0.1) is 0 Å². The Bertz CT molecular complexity index is 532. The zero-order valence-corrected chi connectivity index (χ0v) is 8.68. The van der Waals surface area contributed by atoms with Crippen LogP contribution < -0.4 is 11.1 Å². The van der Waals surface area contributed by atoms with E-state index < -0.39 is 23.1 Å². The number of rotatable bonds is 2. The molecule has 0 radical (unpaired) electrons. The molecule has 2 aromatic carbocycles. The van der Waals surface area contributed by atoms with Crippen molar-refractivity contribution in [1.82, 2.24) is 0 Å². The van der Waals surface area contributed by atoms with Crippen LogP contribution in [0.25, 0.3) is 0 Å². The molecule has 0 aliphatic rings. The fraction of sp³-hybridized carbons (Fsp3) is 0. The van der Waals surface area contributed by atoms with Crippen molar-refractivity contribution in [3.05, 3.63) is 53.8 Å². The van der Waals surface area contributed by atoms with E-state index in [0.717, 1.165) is 0 Å². The third-order valence-electron chi connectivity index (χ3n) is 2.23. The van der Waals surface area contributed by atoms with Gasteiger partial charge in [-0.25, -0.2) is 13.2 Å². The topological polar surface area (TPSA) is 38.0 Å². The summed E-state index contributed by atoms with van der Waals surface area (Å²) in [5.41, 5.74) is 5.89. The predicted octanol–water partition coefficient (Wildman–Crippen LogP) is 3.43. The molecule has 2 rings (SSSR count). The first-order chi connectivity index (χ1) is 8.08. The summed E-state index contributed by atoms with van der Waals surface area (Å²) in [6.07, 6.45) is 0. The highest BCUT2D eigenvalue weighted by Gasteiger charge is 2.12. The van der Waals surface area contributed by atoms with E-state index in [-0.39, 0.29) is 0 Å². The minimum absolute atomic E-state index is 0.343. The monoisotopic (exact) mass is 238 g/mol. The van der Waals surface area contributed by atoms with Crippen molar-refractivity contribution < 1.29 is 13.2 Å². The van der Waals surface area contributed by atoms with E-state index >= 15 is 0 Å². The Kier molecular flexibility index (Phi) is 2.91. The van der Waals surface area contributed by atoms with Crippen LogP contribution in [0.1, 0.15) is 0 Å². The fourth-order valence-electron chi connectivity index (χ4n) is 1.41. The van der Waals surface area contributed by atoms with Crippen LogP contribution in [0.4, 0.5) is 30.2 Å². The number of halogens is 3. The zero-order valence-electron chi connectivity index (χ0n) is 8.68. The van der Waals surface area contributed by atoms with E-state index in [1.807, 2.05) is 0 Å². The first-order valence-electron chi connectivity index (χ1n) is 4.84. The second kappa shape index (κ2) is 4.37. The molecule has 0 fully saturated rings. The molecule has 0 amide bonds. The summed E-state index contributed by atoms with van der Waals surface area (Å²) in [4.78, 5) is 0. The van der Waals surface area contributed by atoms with E-state index in [0.29, 0.717) is 23.5 Å². The highest BCUT2D eigenvalue weighted by molar-refractivity contribution is 5.72. The molecule has 0 aromatic heterocycles. The van der Waals surface area contributed by atoms with E-state index in [1.165, 1.54) is 0 Å². The third kappa shape index (κ3) is 2.33. The molecule has 2 nitrogen and oxygen atoms in total. The van der Waals surface area contributed by atoms with Crippen molar-refractivity contribution in [2.45, 2.75) is 0 Å². The highest BCUT2D eigenvalue weighted by Crippen LogP contribution is 2.27. The lowest BCUT2D eigenvalue weighted by molar-refractivity contribution is 0.549. The van der Waals surface area contributed by atoms with Crippen molar-refractivity contribution in [1.29, 1.82) is 0 Å². The van der Waals surface area contributed by atoms with Gasteiger partial charge in [-0.05, 0) is 12.1 Å². The maximum absolute atomic E-state index is 13.3. The number of benzene rings is 2. The average molecular weight is 238 g/mol. The molecule has 17 heavy (non-hydrogen) atoms. The molecule has 0 aliphatic heterocycles. The standard InChI is InChI=1S/C12H9F3N2/c13-7-5-8(14)12(9(15)6-7)17-11-4-2-1-3-10(11)16/h1-6,17H,16H2. The summed E-state index contributed by atoms with van der Waals surface area (Å²) in [6, 6.07) is 7.71. The van der Waals surface area contributed by atoms with Crippen LogP contribution in [0.3, 0.4) is 0 Å². The van der Waals surface area contributed by atoms with Crippen molar-refractivity contribution in [2.75, 3.05) is 11.1 Å². The van der Waals surface area contributed by atoms with Crippen LogP contribution >= 0.6 is 0 Å². The minimum Gasteiger partial charge on any atom is -0.397 e. The minimum atomic E-state index is -1.01. The van der Waals surface area contributed by atoms with E-state index in [2.05, 4.69) is 5.32 Å². The SMILES string of the molecule is Nc1ccccc1Nc1c(F)cc(F)cc1F. The molecule has 3 N–H and O–H groups in total. The number of nitrogens with one attached hydrogen (secondary N) is 1. The fourth-order valence-corrected chi connectivity index (χ4v) is 1.41. The molecule has 5 heteroatoms. The number of anilines is 3. The Hall–Kier alpha value is -2.17. The Labute approximate surface area is 95.9 Å². The number of nitrogen functional groups attached to an aromatic ring is 1. The van der Waals surface area contributed by atoms with Gasteiger partial charge in [-0.3, -0.25) is 0 Å². The molecule has 2 aromatic rings. The van der Waals surface area contributed by atoms with Crippen LogP contribution in [-0.4, -0.2) is 0 Å². The Morgan fingerprint density at radius 1 is 0.941 bits per heavy atom. The summed E-state index contributed by atoms with van der Waals surface area (Å²) in [5, 5.41) is 2.49. The van der Waals surface area contributed by atoms with Crippen LogP contribution in [0.2, 0.25) is 0 Å². The van der Waals surface area contributed by atoms with Gasteiger partial charge in [0.2, 0.25) is 0 Å². The van der Waals surface area contributed by atoms with Gasteiger partial charge in [0, 0.05) is 12.1 Å². The van der Waals surface area contributed by atoms with Crippen LogP contribution in [0.15, 0.2) is 36.4 Å². The van der Waals surface area contributed by atoms with E-state index in [9.17, 15) is 13.2 Å². The van der Waals surface area contributed by atoms with Gasteiger partial charge in [0.05, 0.1) is 11.4 Å². The van der Waals surface area contributed by atoms with Gasteiger partial charge in [0.25, 0.3) is 0 Å². The molecule has 88 valence electrons. The first-order valence-corrected chi connectivity index (χ1v) is 4.84. The molecule has 0 saturated carbocycles. The molecule has 0 heterocycles. The van der Waals surface area contributed by atoms with Crippen LogP contribution in [0.5, 0.6) is 0 Å². The van der Waals surface area contributed by atoms with Crippen LogP contribution in [-0.2, 0) is 0 Å². The molecule has 0 bridgehead atoms. The summed E-state index contributed by atoms with van der Waals surface area (Å²) < 4.78 is 39.4. The second-order valence-electron chi connectivity index (χ2n) is 3.46. The van der Waals surface area contributed by atoms with Crippen LogP contribution in [0, 0.1) is 17.5 Å². The molecule has 0 spiro atoms. The summed E-state index contributed by atoms with van der Waals surface area (Å²) >= 11 is 0. The number of hydrogen-bond acceptors (Lipinski definition) is 2. The smallest absolute Gasteiger partial charge is 0.152 e. The molecule has 0 unspecified atom stereocenters. The van der Waals surface area contributed by atoms with Crippen molar-refractivity contribution in [3.8, 4) is 0 Å². The normalized spacial score (nSPS) is 10.3. The first kappa shape index (κ1) is 11.3. The highest BCUT2D eigenvalue weighted by atomic mass is 19.1. The van der Waals surface area contributed by atoms with Gasteiger partial charge in [0.15, 0.2) is 11.6 Å². The third-order valence-corrected chi connectivity index (χ3v) is 2.23. The lowest BCUT2D eigenvalue weighted by Crippen LogP contribution is -2.01. The maximum Gasteiger partial charge on any atom is 0.152 e. The number of nitrogens with two attached hydrogens (primary N) is 1. The quantitative estimate of drug-likeness (QED) is 0.786. The van der Waals surface area contributed by atoms with Crippen molar-refractivity contribution in [2.24, 2.45) is 0 Å². The summed E-state index contributed by atoms with van der Waals surface area (Å²) in [7, 11) is 0. The Morgan fingerprint density at radius 2 is 1.53 bits per heavy atom. The Balaban J connectivity index is 2.40. The second-order valence-corrected chi connectivity index (χ2v) is 3.46. The Morgan fingerprint density at radius 3 is 2.12 bits per heavy atom. The van der Waals surface area contributed by atoms with Gasteiger partial charge < -0.3 is 11.1 Å². The molecule has 0 saturated heterocycles. The van der Waals surface area contributed by atoms with Gasteiger partial charge in [0.1, 0.15) is 11.5 Å². The van der Waals surface area contributed by atoms with E-state index in [1.54, 1.807) is 24.3 Å². The molecular weight excluding hydrogens is 229 g/mol. The van der Waals surface area contributed by atoms with Gasteiger partial charge in [-0.1, -0.05) is 12.1 Å². The van der Waals surface area contributed by atoms with E-state index in [4.69, 9.17) is 5.73 Å². The largest absolute Gasteiger partial charge is 0.397 e. The predicted molar refractivity (Wildman–Crippen MR) is 60.5 cm³/mol.